The summed E-state index contributed by atoms with van der Waals surface area (Å²) in [5.41, 5.74) is -1.11. The first kappa shape index (κ1) is 20.2. The van der Waals surface area contributed by atoms with Crippen molar-refractivity contribution in [2.45, 2.75) is 19.6 Å². The Bertz CT molecular complexity index is 1070. The Morgan fingerprint density at radius 1 is 1.03 bits per heavy atom. The molecular formula is C21H17F3N2O3. The van der Waals surface area contributed by atoms with E-state index in [0.29, 0.717) is 27.8 Å². The fourth-order valence-electron chi connectivity index (χ4n) is 2.65. The third-order valence-corrected chi connectivity index (χ3v) is 4.00. The molecule has 0 unspecified atom stereocenters. The van der Waals surface area contributed by atoms with E-state index in [4.69, 9.17) is 4.74 Å². The molecule has 1 heterocycles. The summed E-state index contributed by atoms with van der Waals surface area (Å²) in [6, 6.07) is 15.8. The molecule has 29 heavy (non-hydrogen) atoms. The van der Waals surface area contributed by atoms with E-state index in [2.05, 4.69) is 5.32 Å². The van der Waals surface area contributed by atoms with E-state index < -0.39 is 29.8 Å². The van der Waals surface area contributed by atoms with Gasteiger partial charge in [-0.05, 0) is 61.0 Å². The number of benzene rings is 2. The summed E-state index contributed by atoms with van der Waals surface area (Å²) in [6.45, 7) is 1.41. The second kappa shape index (κ2) is 8.22. The number of aryl methyl sites for hydroxylation is 1. The molecule has 2 aromatic carbocycles. The highest BCUT2D eigenvalue weighted by Gasteiger charge is 2.34. The lowest BCUT2D eigenvalue weighted by atomic mass is 10.2. The fourth-order valence-corrected chi connectivity index (χ4v) is 2.65. The van der Waals surface area contributed by atoms with Crippen molar-refractivity contribution in [1.29, 1.82) is 0 Å². The lowest BCUT2D eigenvalue weighted by Crippen LogP contribution is -2.31. The highest BCUT2D eigenvalue weighted by atomic mass is 19.4. The zero-order valence-corrected chi connectivity index (χ0v) is 15.4. The number of ether oxygens (including phenoxy) is 1. The summed E-state index contributed by atoms with van der Waals surface area (Å²) in [5, 5.41) is 2.54. The van der Waals surface area contributed by atoms with E-state index in [0.717, 1.165) is 17.8 Å². The van der Waals surface area contributed by atoms with E-state index in [1.807, 2.05) is 31.2 Å². The number of hydrogen-bond donors (Lipinski definition) is 1. The van der Waals surface area contributed by atoms with Crippen LogP contribution in [-0.4, -0.2) is 10.5 Å². The summed E-state index contributed by atoms with van der Waals surface area (Å²) >= 11 is 0. The molecule has 3 aromatic rings. The van der Waals surface area contributed by atoms with Crippen LogP contribution in [0, 0.1) is 6.92 Å². The van der Waals surface area contributed by atoms with E-state index >= 15 is 0 Å². The Kier molecular flexibility index (Phi) is 5.72. The van der Waals surface area contributed by atoms with Crippen molar-refractivity contribution in [2.75, 3.05) is 5.32 Å². The number of pyridine rings is 1. The quantitative estimate of drug-likeness (QED) is 0.678. The lowest BCUT2D eigenvalue weighted by molar-refractivity contribution is -0.139. The van der Waals surface area contributed by atoms with Gasteiger partial charge in [-0.3, -0.25) is 9.59 Å². The standard InChI is InChI=1S/C21H17F3N2O3/c1-14-4-2-5-17(12-14)29-16-9-7-15(8-10-16)25-19(27)13-26-11-3-6-18(20(26)28)21(22,23)24/h2-12H,13H2,1H3,(H,25,27). The van der Waals surface area contributed by atoms with Gasteiger partial charge in [-0.25, -0.2) is 0 Å². The van der Waals surface area contributed by atoms with E-state index in [1.165, 1.54) is 0 Å². The minimum absolute atomic E-state index is 0.423. The maximum Gasteiger partial charge on any atom is 0.421 e. The molecule has 0 aliphatic rings. The zero-order valence-electron chi connectivity index (χ0n) is 15.4. The molecule has 0 saturated heterocycles. The normalized spacial score (nSPS) is 11.2. The molecule has 0 aliphatic heterocycles. The molecule has 0 bridgehead atoms. The van der Waals surface area contributed by atoms with Crippen LogP contribution in [-0.2, 0) is 17.5 Å². The second-order valence-electron chi connectivity index (χ2n) is 6.34. The van der Waals surface area contributed by atoms with Crippen molar-refractivity contribution in [1.82, 2.24) is 4.57 Å². The Morgan fingerprint density at radius 3 is 2.41 bits per heavy atom. The largest absolute Gasteiger partial charge is 0.457 e. The van der Waals surface area contributed by atoms with Gasteiger partial charge in [0.25, 0.3) is 5.56 Å². The SMILES string of the molecule is Cc1cccc(Oc2ccc(NC(=O)Cn3cccc(C(F)(F)F)c3=O)cc2)c1. The number of nitrogens with one attached hydrogen (secondary N) is 1. The Balaban J connectivity index is 1.65. The average molecular weight is 402 g/mol. The molecule has 3 rings (SSSR count). The summed E-state index contributed by atoms with van der Waals surface area (Å²) < 4.78 is 44.8. The van der Waals surface area contributed by atoms with Gasteiger partial charge in [-0.1, -0.05) is 12.1 Å². The number of hydrogen-bond acceptors (Lipinski definition) is 3. The van der Waals surface area contributed by atoms with Gasteiger partial charge in [0.05, 0.1) is 0 Å². The van der Waals surface area contributed by atoms with Crippen molar-refractivity contribution in [3.8, 4) is 11.5 Å². The molecule has 1 N–H and O–H groups in total. The highest BCUT2D eigenvalue weighted by Crippen LogP contribution is 2.26. The molecule has 0 spiro atoms. The number of alkyl halides is 3. The summed E-state index contributed by atoms with van der Waals surface area (Å²) in [4.78, 5) is 24.0. The summed E-state index contributed by atoms with van der Waals surface area (Å²) in [5.74, 6) is 0.604. The number of carbonyl (C=O) groups excluding carboxylic acids is 1. The van der Waals surface area contributed by atoms with Crippen LogP contribution in [0.1, 0.15) is 11.1 Å². The van der Waals surface area contributed by atoms with E-state index in [-0.39, 0.29) is 0 Å². The molecule has 0 saturated carbocycles. The number of carbonyl (C=O) groups is 1. The first-order chi connectivity index (χ1) is 13.7. The van der Waals surface area contributed by atoms with Crippen LogP contribution in [0.3, 0.4) is 0 Å². The molecule has 0 atom stereocenters. The summed E-state index contributed by atoms with van der Waals surface area (Å²) in [6.07, 6.45) is -3.64. The van der Waals surface area contributed by atoms with Crippen molar-refractivity contribution in [3.63, 3.8) is 0 Å². The lowest BCUT2D eigenvalue weighted by Gasteiger charge is -2.11. The molecular weight excluding hydrogens is 385 g/mol. The topological polar surface area (TPSA) is 60.3 Å². The minimum Gasteiger partial charge on any atom is -0.457 e. The molecule has 0 aliphatic carbocycles. The Hall–Kier alpha value is -3.55. The van der Waals surface area contributed by atoms with Crippen LogP contribution in [0.15, 0.2) is 71.7 Å². The maximum atomic E-state index is 12.8. The number of aromatic nitrogens is 1. The third kappa shape index (κ3) is 5.25. The minimum atomic E-state index is -4.77. The third-order valence-electron chi connectivity index (χ3n) is 4.00. The number of halogens is 3. The molecule has 1 amide bonds. The molecule has 0 fully saturated rings. The van der Waals surface area contributed by atoms with Crippen molar-refractivity contribution in [2.24, 2.45) is 0 Å². The van der Waals surface area contributed by atoms with Gasteiger partial charge in [0, 0.05) is 11.9 Å². The monoisotopic (exact) mass is 402 g/mol. The molecule has 0 radical (unpaired) electrons. The van der Waals surface area contributed by atoms with Crippen LogP contribution < -0.4 is 15.6 Å². The van der Waals surface area contributed by atoms with Crippen LogP contribution in [0.5, 0.6) is 11.5 Å². The van der Waals surface area contributed by atoms with Crippen LogP contribution in [0.2, 0.25) is 0 Å². The number of amides is 1. The fraction of sp³-hybridized carbons (Fsp3) is 0.143. The first-order valence-electron chi connectivity index (χ1n) is 8.63. The van der Waals surface area contributed by atoms with Gasteiger partial charge in [0.2, 0.25) is 5.91 Å². The second-order valence-corrected chi connectivity index (χ2v) is 6.34. The molecule has 150 valence electrons. The van der Waals surface area contributed by atoms with Gasteiger partial charge in [-0.15, -0.1) is 0 Å². The van der Waals surface area contributed by atoms with Crippen LogP contribution >= 0.6 is 0 Å². The number of anilines is 1. The average Bonchev–Trinajstić information content (AvgIpc) is 2.64. The van der Waals surface area contributed by atoms with Crippen LogP contribution in [0.4, 0.5) is 18.9 Å². The van der Waals surface area contributed by atoms with Gasteiger partial charge >= 0.3 is 6.18 Å². The Labute approximate surface area is 164 Å². The van der Waals surface area contributed by atoms with Crippen molar-refractivity contribution in [3.05, 3.63) is 88.3 Å². The van der Waals surface area contributed by atoms with Crippen LogP contribution in [0.25, 0.3) is 0 Å². The van der Waals surface area contributed by atoms with Gasteiger partial charge in [0.1, 0.15) is 23.6 Å². The molecule has 5 nitrogen and oxygen atoms in total. The summed E-state index contributed by atoms with van der Waals surface area (Å²) in [7, 11) is 0. The van der Waals surface area contributed by atoms with Gasteiger partial charge in [-0.2, -0.15) is 13.2 Å². The molecule has 1 aromatic heterocycles. The smallest absolute Gasteiger partial charge is 0.421 e. The number of rotatable bonds is 5. The van der Waals surface area contributed by atoms with Crippen molar-refractivity contribution >= 4 is 11.6 Å². The first-order valence-corrected chi connectivity index (χ1v) is 8.63. The maximum absolute atomic E-state index is 12.8. The highest BCUT2D eigenvalue weighted by molar-refractivity contribution is 5.90. The Morgan fingerprint density at radius 2 is 1.76 bits per heavy atom. The predicted octanol–water partition coefficient (Wildman–Crippen LogP) is 4.61. The van der Waals surface area contributed by atoms with E-state index in [1.54, 1.807) is 24.3 Å². The zero-order chi connectivity index (χ0) is 21.0. The molecule has 8 heteroatoms. The number of nitrogens with zero attached hydrogens (tertiary/aromatic N) is 1. The van der Waals surface area contributed by atoms with E-state index in [9.17, 15) is 22.8 Å². The predicted molar refractivity (Wildman–Crippen MR) is 102 cm³/mol. The van der Waals surface area contributed by atoms with Gasteiger partial charge in [0.15, 0.2) is 0 Å². The van der Waals surface area contributed by atoms with Gasteiger partial charge < -0.3 is 14.6 Å². The van der Waals surface area contributed by atoms with Crippen molar-refractivity contribution < 1.29 is 22.7 Å².